The molecule has 2 aromatic rings. The van der Waals surface area contributed by atoms with Gasteiger partial charge >= 0.3 is 0 Å². The number of carbonyl (C=O) groups is 1. The van der Waals surface area contributed by atoms with Gasteiger partial charge in [0.25, 0.3) is 5.91 Å². The summed E-state index contributed by atoms with van der Waals surface area (Å²) in [4.78, 5) is 16.5. The minimum Gasteiger partial charge on any atom is -0.455 e. The van der Waals surface area contributed by atoms with Gasteiger partial charge in [-0.25, -0.2) is 0 Å². The summed E-state index contributed by atoms with van der Waals surface area (Å²) in [5, 5.41) is 3.48. The van der Waals surface area contributed by atoms with Gasteiger partial charge in [0.2, 0.25) is 0 Å². The molecule has 2 aliphatic rings. The van der Waals surface area contributed by atoms with E-state index in [0.29, 0.717) is 26.5 Å². The molecule has 6 heteroatoms. The van der Waals surface area contributed by atoms with Crippen molar-refractivity contribution in [2.24, 2.45) is 5.92 Å². The highest BCUT2D eigenvalue weighted by molar-refractivity contribution is 8.26. The molecule has 1 N–H and O–H groups in total. The van der Waals surface area contributed by atoms with Crippen molar-refractivity contribution in [2.45, 2.75) is 25.7 Å². The van der Waals surface area contributed by atoms with Gasteiger partial charge in [-0.2, -0.15) is 0 Å². The number of pyridine rings is 1. The lowest BCUT2D eigenvalue weighted by molar-refractivity contribution is -0.115. The Hall–Kier alpha value is -2.10. The van der Waals surface area contributed by atoms with E-state index in [1.54, 1.807) is 18.5 Å². The Kier molecular flexibility index (Phi) is 4.13. The first-order chi connectivity index (χ1) is 11.7. The SMILES string of the molecule is O=C1NC(=S)S/C1=C/c1cc2cncc(C#CC3CCCC3)c2o1. The molecule has 4 rings (SSSR count). The molecular formula is C18H14N2O2S2. The van der Waals surface area contributed by atoms with Crippen LogP contribution in [0.15, 0.2) is 27.8 Å². The van der Waals surface area contributed by atoms with Gasteiger partial charge in [-0.3, -0.25) is 9.78 Å². The molecule has 0 spiro atoms. The molecule has 4 nitrogen and oxygen atoms in total. The van der Waals surface area contributed by atoms with Crippen molar-refractivity contribution in [2.75, 3.05) is 0 Å². The number of carbonyl (C=O) groups excluding carboxylic acids is 1. The predicted molar refractivity (Wildman–Crippen MR) is 99.2 cm³/mol. The fourth-order valence-electron chi connectivity index (χ4n) is 2.94. The van der Waals surface area contributed by atoms with Crippen LogP contribution in [0.3, 0.4) is 0 Å². The van der Waals surface area contributed by atoms with Crippen LogP contribution in [0, 0.1) is 17.8 Å². The number of nitrogens with one attached hydrogen (secondary N) is 1. The summed E-state index contributed by atoms with van der Waals surface area (Å²) in [5.74, 6) is 7.45. The highest BCUT2D eigenvalue weighted by Crippen LogP contribution is 2.29. The lowest BCUT2D eigenvalue weighted by Gasteiger charge is -1.96. The normalized spacial score (nSPS) is 19.8. The zero-order valence-corrected chi connectivity index (χ0v) is 14.4. The third kappa shape index (κ3) is 3.10. The molecule has 2 fully saturated rings. The van der Waals surface area contributed by atoms with Gasteiger partial charge in [-0.15, -0.1) is 0 Å². The molecule has 0 atom stereocenters. The molecule has 1 saturated carbocycles. The van der Waals surface area contributed by atoms with Crippen molar-refractivity contribution in [1.82, 2.24) is 10.3 Å². The van der Waals surface area contributed by atoms with E-state index in [0.717, 1.165) is 10.9 Å². The number of thioether (sulfide) groups is 1. The summed E-state index contributed by atoms with van der Waals surface area (Å²) in [6.45, 7) is 0. The van der Waals surface area contributed by atoms with Gasteiger partial charge in [0, 0.05) is 29.8 Å². The van der Waals surface area contributed by atoms with Gasteiger partial charge < -0.3 is 9.73 Å². The highest BCUT2D eigenvalue weighted by Gasteiger charge is 2.22. The van der Waals surface area contributed by atoms with E-state index in [4.69, 9.17) is 16.6 Å². The molecule has 0 radical (unpaired) electrons. The van der Waals surface area contributed by atoms with Crippen LogP contribution in [0.4, 0.5) is 0 Å². The van der Waals surface area contributed by atoms with Crippen molar-refractivity contribution < 1.29 is 9.21 Å². The lowest BCUT2D eigenvalue weighted by atomic mass is 10.1. The van der Waals surface area contributed by atoms with Gasteiger partial charge in [-0.05, 0) is 18.9 Å². The Morgan fingerprint density at radius 2 is 2.21 bits per heavy atom. The van der Waals surface area contributed by atoms with Gasteiger partial charge in [0.15, 0.2) is 5.58 Å². The molecule has 0 aromatic carbocycles. The van der Waals surface area contributed by atoms with Crippen LogP contribution < -0.4 is 5.32 Å². The first-order valence-corrected chi connectivity index (χ1v) is 9.05. The molecule has 2 aromatic heterocycles. The third-order valence-electron chi connectivity index (χ3n) is 4.12. The zero-order valence-electron chi connectivity index (χ0n) is 12.8. The largest absolute Gasteiger partial charge is 0.455 e. The summed E-state index contributed by atoms with van der Waals surface area (Å²) >= 11 is 6.23. The van der Waals surface area contributed by atoms with Gasteiger partial charge in [0.05, 0.1) is 10.5 Å². The monoisotopic (exact) mass is 354 g/mol. The first-order valence-electron chi connectivity index (χ1n) is 7.83. The van der Waals surface area contributed by atoms with Crippen LogP contribution in [-0.2, 0) is 4.79 Å². The van der Waals surface area contributed by atoms with E-state index < -0.39 is 0 Å². The summed E-state index contributed by atoms with van der Waals surface area (Å²) < 4.78 is 6.37. The van der Waals surface area contributed by atoms with Gasteiger partial charge in [-0.1, -0.05) is 48.7 Å². The maximum atomic E-state index is 11.8. The molecule has 0 unspecified atom stereocenters. The summed E-state index contributed by atoms with van der Waals surface area (Å²) in [5.41, 5.74) is 1.51. The number of rotatable bonds is 1. The van der Waals surface area contributed by atoms with E-state index >= 15 is 0 Å². The molecule has 120 valence electrons. The van der Waals surface area contributed by atoms with Gasteiger partial charge in [0.1, 0.15) is 10.1 Å². The maximum absolute atomic E-state index is 11.8. The quantitative estimate of drug-likeness (QED) is 0.479. The fourth-order valence-corrected chi connectivity index (χ4v) is 3.97. The smallest absolute Gasteiger partial charge is 0.263 e. The second-order valence-corrected chi connectivity index (χ2v) is 7.58. The molecule has 1 saturated heterocycles. The van der Waals surface area contributed by atoms with Crippen LogP contribution in [0.25, 0.3) is 17.0 Å². The molecule has 1 aliphatic heterocycles. The van der Waals surface area contributed by atoms with Crippen LogP contribution >= 0.6 is 24.0 Å². The van der Waals surface area contributed by atoms with E-state index in [1.807, 2.05) is 6.07 Å². The number of furan rings is 1. The fraction of sp³-hybridized carbons (Fsp3) is 0.278. The summed E-state index contributed by atoms with van der Waals surface area (Å²) in [6, 6.07) is 1.87. The molecule has 1 aliphatic carbocycles. The predicted octanol–water partition coefficient (Wildman–Crippen LogP) is 3.86. The summed E-state index contributed by atoms with van der Waals surface area (Å²) in [7, 11) is 0. The van der Waals surface area contributed by atoms with Crippen molar-refractivity contribution in [1.29, 1.82) is 0 Å². The van der Waals surface area contributed by atoms with E-state index in [2.05, 4.69) is 22.1 Å². The number of aromatic nitrogens is 1. The number of amides is 1. The average Bonchev–Trinajstić information content (AvgIpc) is 3.26. The Morgan fingerprint density at radius 1 is 1.38 bits per heavy atom. The van der Waals surface area contributed by atoms with Crippen LogP contribution in [0.5, 0.6) is 0 Å². The Labute approximate surface area is 149 Å². The summed E-state index contributed by atoms with van der Waals surface area (Å²) in [6.07, 6.45) is 10.1. The number of hydrogen-bond donors (Lipinski definition) is 1. The number of nitrogens with zero attached hydrogens (tertiary/aromatic N) is 1. The minimum absolute atomic E-state index is 0.190. The third-order valence-corrected chi connectivity index (χ3v) is 5.29. The van der Waals surface area contributed by atoms with Crippen molar-refractivity contribution in [3.8, 4) is 11.8 Å². The molecular weight excluding hydrogens is 340 g/mol. The van der Waals surface area contributed by atoms with E-state index in [9.17, 15) is 4.79 Å². The minimum atomic E-state index is -0.190. The number of fused-ring (bicyclic) bond motifs is 1. The number of thiocarbonyl (C=S) groups is 1. The second-order valence-electron chi connectivity index (χ2n) is 5.86. The van der Waals surface area contributed by atoms with Crippen molar-refractivity contribution in [3.05, 3.63) is 34.7 Å². The van der Waals surface area contributed by atoms with Crippen molar-refractivity contribution in [3.63, 3.8) is 0 Å². The van der Waals surface area contributed by atoms with E-state index in [1.165, 1.54) is 37.4 Å². The Bertz CT molecular complexity index is 927. The molecule has 3 heterocycles. The molecule has 0 bridgehead atoms. The number of hydrogen-bond acceptors (Lipinski definition) is 5. The zero-order chi connectivity index (χ0) is 16.5. The maximum Gasteiger partial charge on any atom is 0.263 e. The standard InChI is InChI=1S/C18H14N2O2S2/c21-17-15(24-18(23)20-17)8-14-7-13-10-19-9-12(16(13)22-14)6-5-11-3-1-2-4-11/h7-11H,1-4H2,(H,20,21,23)/b15-8+. The second kappa shape index (κ2) is 6.42. The first kappa shape index (κ1) is 15.4. The topological polar surface area (TPSA) is 55.1 Å². The van der Waals surface area contributed by atoms with Crippen LogP contribution in [-0.4, -0.2) is 15.2 Å². The van der Waals surface area contributed by atoms with Crippen molar-refractivity contribution >= 4 is 51.3 Å². The highest BCUT2D eigenvalue weighted by atomic mass is 32.2. The van der Waals surface area contributed by atoms with Crippen LogP contribution in [0.1, 0.15) is 37.0 Å². The van der Waals surface area contributed by atoms with Crippen LogP contribution in [0.2, 0.25) is 0 Å². The Morgan fingerprint density at radius 3 is 2.96 bits per heavy atom. The Balaban J connectivity index is 1.68. The molecule has 24 heavy (non-hydrogen) atoms. The lowest BCUT2D eigenvalue weighted by Crippen LogP contribution is -2.17. The molecule has 1 amide bonds. The average molecular weight is 354 g/mol. The van der Waals surface area contributed by atoms with E-state index in [-0.39, 0.29) is 5.91 Å².